The molecule has 1 aromatic heterocycles. The topological polar surface area (TPSA) is 52.5 Å². The van der Waals surface area contributed by atoms with Gasteiger partial charge in [0.05, 0.1) is 11.9 Å². The van der Waals surface area contributed by atoms with Crippen LogP contribution < -0.4 is 0 Å². The number of thiol groups is 1. The Labute approximate surface area is 86.8 Å². The van der Waals surface area contributed by atoms with E-state index in [4.69, 9.17) is 5.26 Å². The first-order valence-corrected chi connectivity index (χ1v) is 4.49. The van der Waals surface area contributed by atoms with Gasteiger partial charge in [-0.1, -0.05) is 18.2 Å². The van der Waals surface area contributed by atoms with Crippen LogP contribution in [-0.4, -0.2) is 9.97 Å². The fourth-order valence-electron chi connectivity index (χ4n) is 1.22. The van der Waals surface area contributed by atoms with E-state index < -0.39 is 0 Å². The zero-order valence-electron chi connectivity index (χ0n) is 7.23. The highest BCUT2D eigenvalue weighted by molar-refractivity contribution is 7.80. The molecule has 0 amide bonds. The molecule has 0 radical (unpaired) electrons. The Balaban J connectivity index is 2.51. The van der Waals surface area contributed by atoms with Crippen LogP contribution in [0.3, 0.4) is 0 Å². The normalized spacial score (nSPS) is 9.71. The van der Waals surface area contributed by atoms with Crippen LogP contribution in [0.1, 0.15) is 5.82 Å². The number of nitrogens with one attached hydrogen (secondary N) is 1. The van der Waals surface area contributed by atoms with Crippen LogP contribution in [0.15, 0.2) is 35.4 Å². The maximum absolute atomic E-state index is 8.60. The van der Waals surface area contributed by atoms with Crippen molar-refractivity contribution in [2.24, 2.45) is 0 Å². The summed E-state index contributed by atoms with van der Waals surface area (Å²) in [5.41, 5.74) is 1.76. The van der Waals surface area contributed by atoms with Crippen LogP contribution >= 0.6 is 12.6 Å². The van der Waals surface area contributed by atoms with Gasteiger partial charge in [-0.15, -0.1) is 12.6 Å². The van der Waals surface area contributed by atoms with Crippen molar-refractivity contribution in [1.29, 1.82) is 5.26 Å². The van der Waals surface area contributed by atoms with Crippen LogP contribution in [0.2, 0.25) is 0 Å². The van der Waals surface area contributed by atoms with Gasteiger partial charge >= 0.3 is 0 Å². The van der Waals surface area contributed by atoms with Gasteiger partial charge in [-0.25, -0.2) is 4.98 Å². The van der Waals surface area contributed by atoms with Crippen molar-refractivity contribution in [2.45, 2.75) is 4.90 Å². The highest BCUT2D eigenvalue weighted by Crippen LogP contribution is 2.24. The first-order valence-electron chi connectivity index (χ1n) is 4.05. The Morgan fingerprint density at radius 1 is 1.36 bits per heavy atom. The predicted molar refractivity (Wildman–Crippen MR) is 56.0 cm³/mol. The van der Waals surface area contributed by atoms with Gasteiger partial charge in [-0.3, -0.25) is 0 Å². The molecule has 2 rings (SSSR count). The third-order valence-corrected chi connectivity index (χ3v) is 2.27. The summed E-state index contributed by atoms with van der Waals surface area (Å²) in [6.07, 6.45) is 1.63. The van der Waals surface area contributed by atoms with Gasteiger partial charge in [0, 0.05) is 10.5 Å². The molecule has 0 bridgehead atoms. The lowest BCUT2D eigenvalue weighted by Crippen LogP contribution is -1.80. The van der Waals surface area contributed by atoms with E-state index in [1.165, 1.54) is 0 Å². The molecule has 0 unspecified atom stereocenters. The quantitative estimate of drug-likeness (QED) is 0.695. The molecule has 0 atom stereocenters. The maximum atomic E-state index is 8.60. The minimum absolute atomic E-state index is 0.316. The van der Waals surface area contributed by atoms with E-state index >= 15 is 0 Å². The lowest BCUT2D eigenvalue weighted by molar-refractivity contribution is 1.22. The lowest BCUT2D eigenvalue weighted by Gasteiger charge is -1.99. The molecule has 68 valence electrons. The monoisotopic (exact) mass is 201 g/mol. The molecular weight excluding hydrogens is 194 g/mol. The molecule has 0 saturated heterocycles. The molecule has 1 aromatic carbocycles. The number of aromatic amines is 1. The second kappa shape index (κ2) is 3.56. The van der Waals surface area contributed by atoms with Gasteiger partial charge < -0.3 is 4.98 Å². The minimum Gasteiger partial charge on any atom is -0.329 e. The van der Waals surface area contributed by atoms with Crippen LogP contribution in [0.25, 0.3) is 11.3 Å². The standard InChI is InChI=1S/C10H7N3S/c11-5-10-12-6-8(13-10)7-3-1-2-4-9(7)14/h1-4,6,14H,(H,12,13). The summed E-state index contributed by atoms with van der Waals surface area (Å²) in [4.78, 5) is 7.66. The minimum atomic E-state index is 0.316. The van der Waals surface area contributed by atoms with E-state index in [2.05, 4.69) is 22.6 Å². The molecule has 1 N–H and O–H groups in total. The van der Waals surface area contributed by atoms with Crippen LogP contribution in [0, 0.1) is 11.3 Å². The third kappa shape index (κ3) is 1.50. The summed E-state index contributed by atoms with van der Waals surface area (Å²) in [5.74, 6) is 0.316. The van der Waals surface area contributed by atoms with E-state index in [0.29, 0.717) is 5.82 Å². The van der Waals surface area contributed by atoms with E-state index in [-0.39, 0.29) is 0 Å². The molecule has 14 heavy (non-hydrogen) atoms. The summed E-state index contributed by atoms with van der Waals surface area (Å²) in [7, 11) is 0. The molecule has 2 aromatic rings. The second-order valence-corrected chi connectivity index (χ2v) is 3.26. The smallest absolute Gasteiger partial charge is 0.210 e. The molecule has 0 aliphatic heterocycles. The van der Waals surface area contributed by atoms with Crippen LogP contribution in [0.4, 0.5) is 0 Å². The third-order valence-electron chi connectivity index (χ3n) is 1.88. The maximum Gasteiger partial charge on any atom is 0.210 e. The molecule has 4 heteroatoms. The number of benzene rings is 1. The van der Waals surface area contributed by atoms with Crippen molar-refractivity contribution in [2.75, 3.05) is 0 Å². The molecule has 3 nitrogen and oxygen atoms in total. The van der Waals surface area contributed by atoms with Crippen molar-refractivity contribution in [3.8, 4) is 17.3 Å². The summed E-state index contributed by atoms with van der Waals surface area (Å²) in [6, 6.07) is 9.60. The average molecular weight is 201 g/mol. The first kappa shape index (κ1) is 8.85. The Bertz CT molecular complexity index is 496. The number of nitrogens with zero attached hydrogens (tertiary/aromatic N) is 2. The van der Waals surface area contributed by atoms with Gasteiger partial charge in [0.1, 0.15) is 6.07 Å². The van der Waals surface area contributed by atoms with E-state index in [0.717, 1.165) is 16.2 Å². The van der Waals surface area contributed by atoms with Crippen LogP contribution in [-0.2, 0) is 0 Å². The SMILES string of the molecule is N#Cc1ncc(-c2ccccc2S)[nH]1. The van der Waals surface area contributed by atoms with E-state index in [1.54, 1.807) is 6.20 Å². The van der Waals surface area contributed by atoms with Gasteiger partial charge in [0.15, 0.2) is 0 Å². The Morgan fingerprint density at radius 2 is 2.14 bits per heavy atom. The number of hydrogen-bond donors (Lipinski definition) is 2. The van der Waals surface area contributed by atoms with Crippen molar-refractivity contribution in [3.05, 3.63) is 36.3 Å². The first-order chi connectivity index (χ1) is 6.81. The molecule has 0 fully saturated rings. The number of imidazole rings is 1. The van der Waals surface area contributed by atoms with Gasteiger partial charge in [-0.05, 0) is 6.07 Å². The van der Waals surface area contributed by atoms with E-state index in [9.17, 15) is 0 Å². The second-order valence-electron chi connectivity index (χ2n) is 2.77. The summed E-state index contributed by atoms with van der Waals surface area (Å²) in [5, 5.41) is 8.60. The molecule has 0 aliphatic carbocycles. The fraction of sp³-hybridized carbons (Fsp3) is 0. The molecule has 1 heterocycles. The van der Waals surface area contributed by atoms with Gasteiger partial charge in [0.2, 0.25) is 5.82 Å². The molecule has 0 spiro atoms. The van der Waals surface area contributed by atoms with Crippen molar-refractivity contribution in [1.82, 2.24) is 9.97 Å². The van der Waals surface area contributed by atoms with Crippen molar-refractivity contribution in [3.63, 3.8) is 0 Å². The van der Waals surface area contributed by atoms with Gasteiger partial charge in [-0.2, -0.15) is 5.26 Å². The zero-order chi connectivity index (χ0) is 9.97. The Morgan fingerprint density at radius 3 is 2.79 bits per heavy atom. The summed E-state index contributed by atoms with van der Waals surface area (Å²) >= 11 is 4.32. The van der Waals surface area contributed by atoms with Crippen LogP contribution in [0.5, 0.6) is 0 Å². The number of aromatic nitrogens is 2. The Kier molecular flexibility index (Phi) is 2.25. The van der Waals surface area contributed by atoms with Crippen molar-refractivity contribution < 1.29 is 0 Å². The van der Waals surface area contributed by atoms with Crippen molar-refractivity contribution >= 4 is 12.6 Å². The number of rotatable bonds is 1. The highest BCUT2D eigenvalue weighted by atomic mass is 32.1. The molecule has 0 saturated carbocycles. The van der Waals surface area contributed by atoms with E-state index in [1.807, 2.05) is 30.3 Å². The zero-order valence-corrected chi connectivity index (χ0v) is 8.12. The highest BCUT2D eigenvalue weighted by Gasteiger charge is 2.04. The average Bonchev–Trinajstić information content (AvgIpc) is 2.67. The molecular formula is C10H7N3S. The number of H-pyrrole nitrogens is 1. The number of nitriles is 1. The summed E-state index contributed by atoms with van der Waals surface area (Å²) in [6.45, 7) is 0. The predicted octanol–water partition coefficient (Wildman–Crippen LogP) is 2.24. The summed E-state index contributed by atoms with van der Waals surface area (Å²) < 4.78 is 0. The Hall–Kier alpha value is -1.73. The largest absolute Gasteiger partial charge is 0.329 e. The number of hydrogen-bond acceptors (Lipinski definition) is 3. The van der Waals surface area contributed by atoms with Gasteiger partial charge in [0.25, 0.3) is 0 Å². The lowest BCUT2D eigenvalue weighted by atomic mass is 10.2. The fourth-order valence-corrected chi connectivity index (χ4v) is 1.50. The molecule has 0 aliphatic rings.